The summed E-state index contributed by atoms with van der Waals surface area (Å²) in [6.07, 6.45) is 0.337. The molecule has 1 aliphatic heterocycles. The van der Waals surface area contributed by atoms with Gasteiger partial charge in [0.25, 0.3) is 0 Å². The van der Waals surface area contributed by atoms with Gasteiger partial charge in [0.15, 0.2) is 0 Å². The molecule has 1 N–H and O–H groups in total. The maximum atomic E-state index is 14.5. The Balaban J connectivity index is 1.99. The van der Waals surface area contributed by atoms with Crippen LogP contribution in [0, 0.1) is 5.82 Å². The van der Waals surface area contributed by atoms with Gasteiger partial charge in [0, 0.05) is 24.0 Å². The summed E-state index contributed by atoms with van der Waals surface area (Å²) in [5.41, 5.74) is -1.13. The first-order chi connectivity index (χ1) is 8.96. The van der Waals surface area contributed by atoms with Crippen LogP contribution in [-0.4, -0.2) is 31.5 Å². The molecule has 0 aromatic heterocycles. The summed E-state index contributed by atoms with van der Waals surface area (Å²) in [6.45, 7) is 3.39. The largest absolute Gasteiger partial charge is 0.379 e. The molecule has 106 valence electrons. The van der Waals surface area contributed by atoms with Crippen molar-refractivity contribution in [1.29, 1.82) is 0 Å². The van der Waals surface area contributed by atoms with Crippen molar-refractivity contribution in [2.45, 2.75) is 31.5 Å². The van der Waals surface area contributed by atoms with E-state index in [0.29, 0.717) is 30.2 Å². The Labute approximate surface area is 117 Å². The van der Waals surface area contributed by atoms with Crippen LogP contribution in [-0.2, 0) is 11.2 Å². The zero-order chi connectivity index (χ0) is 13.9. The molecule has 2 nitrogen and oxygen atoms in total. The van der Waals surface area contributed by atoms with Crippen molar-refractivity contribution in [1.82, 2.24) is 5.32 Å². The standard InChI is InChI=1S/C14H18ClF2NO/c1-14(17,8-12-9-19-5-4-18-12)7-10-2-3-11(15)6-13(10)16/h2-3,6,12,18H,4-5,7-9H2,1H3. The SMILES string of the molecule is CC(F)(Cc1ccc(Cl)cc1F)CC1COCCN1. The first-order valence-electron chi connectivity index (χ1n) is 6.40. The van der Waals surface area contributed by atoms with Gasteiger partial charge in [-0.2, -0.15) is 0 Å². The number of nitrogens with one attached hydrogen (secondary N) is 1. The molecule has 1 saturated heterocycles. The molecule has 2 unspecified atom stereocenters. The summed E-state index contributed by atoms with van der Waals surface area (Å²) in [7, 11) is 0. The van der Waals surface area contributed by atoms with Crippen LogP contribution in [0.1, 0.15) is 18.9 Å². The number of benzene rings is 1. The summed E-state index contributed by atoms with van der Waals surface area (Å²) < 4.78 is 33.5. The Morgan fingerprint density at radius 2 is 2.32 bits per heavy atom. The van der Waals surface area contributed by atoms with E-state index in [1.165, 1.54) is 13.0 Å². The normalized spacial score (nSPS) is 23.1. The van der Waals surface area contributed by atoms with Crippen molar-refractivity contribution >= 4 is 11.6 Å². The van der Waals surface area contributed by atoms with Crippen molar-refractivity contribution in [2.75, 3.05) is 19.8 Å². The van der Waals surface area contributed by atoms with Gasteiger partial charge in [-0.15, -0.1) is 0 Å². The topological polar surface area (TPSA) is 21.3 Å². The summed E-state index contributed by atoms with van der Waals surface area (Å²) in [5.74, 6) is -0.454. The van der Waals surface area contributed by atoms with Crippen LogP contribution in [0.4, 0.5) is 8.78 Å². The molecule has 2 atom stereocenters. The molecule has 0 saturated carbocycles. The molecule has 0 spiro atoms. The smallest absolute Gasteiger partial charge is 0.127 e. The summed E-state index contributed by atoms with van der Waals surface area (Å²) >= 11 is 5.68. The van der Waals surface area contributed by atoms with Gasteiger partial charge >= 0.3 is 0 Å². The minimum absolute atomic E-state index is 0.0147. The molecule has 1 fully saturated rings. The van der Waals surface area contributed by atoms with Crippen LogP contribution >= 0.6 is 11.6 Å². The quantitative estimate of drug-likeness (QED) is 0.919. The third-order valence-electron chi connectivity index (χ3n) is 3.24. The average Bonchev–Trinajstić information content (AvgIpc) is 2.33. The lowest BCUT2D eigenvalue weighted by Crippen LogP contribution is -2.45. The van der Waals surface area contributed by atoms with Gasteiger partial charge in [0.05, 0.1) is 13.2 Å². The maximum Gasteiger partial charge on any atom is 0.127 e. The molecule has 5 heteroatoms. The highest BCUT2D eigenvalue weighted by molar-refractivity contribution is 6.30. The van der Waals surface area contributed by atoms with E-state index in [4.69, 9.17) is 16.3 Å². The summed E-state index contributed by atoms with van der Waals surface area (Å²) in [6, 6.07) is 4.33. The predicted molar refractivity (Wildman–Crippen MR) is 71.9 cm³/mol. The number of hydrogen-bond acceptors (Lipinski definition) is 2. The minimum atomic E-state index is -1.48. The van der Waals surface area contributed by atoms with Gasteiger partial charge in [-0.1, -0.05) is 17.7 Å². The fourth-order valence-electron chi connectivity index (χ4n) is 2.40. The molecule has 1 aliphatic rings. The first kappa shape index (κ1) is 14.7. The Morgan fingerprint density at radius 1 is 1.53 bits per heavy atom. The van der Waals surface area contributed by atoms with E-state index < -0.39 is 11.5 Å². The number of morpholine rings is 1. The highest BCUT2D eigenvalue weighted by atomic mass is 35.5. The third-order valence-corrected chi connectivity index (χ3v) is 3.48. The van der Waals surface area contributed by atoms with Gasteiger partial charge in [-0.05, 0) is 31.0 Å². The number of hydrogen-bond donors (Lipinski definition) is 1. The molecule has 0 radical (unpaired) electrons. The second-order valence-electron chi connectivity index (χ2n) is 5.26. The lowest BCUT2D eigenvalue weighted by molar-refractivity contribution is 0.0481. The highest BCUT2D eigenvalue weighted by Gasteiger charge is 2.30. The lowest BCUT2D eigenvalue weighted by atomic mass is 9.91. The van der Waals surface area contributed by atoms with Gasteiger partial charge in [0.2, 0.25) is 0 Å². The molecule has 1 aromatic carbocycles. The zero-order valence-corrected chi connectivity index (χ0v) is 11.6. The van der Waals surface area contributed by atoms with E-state index in [1.807, 2.05) is 0 Å². The second kappa shape index (κ2) is 6.16. The van der Waals surface area contributed by atoms with E-state index >= 15 is 0 Å². The molecule has 19 heavy (non-hydrogen) atoms. The molecule has 2 rings (SSSR count). The van der Waals surface area contributed by atoms with E-state index in [1.54, 1.807) is 12.1 Å². The Morgan fingerprint density at radius 3 is 2.95 bits per heavy atom. The van der Waals surface area contributed by atoms with Crippen LogP contribution in [0.15, 0.2) is 18.2 Å². The molecule has 0 amide bonds. The summed E-state index contributed by atoms with van der Waals surface area (Å²) in [4.78, 5) is 0. The van der Waals surface area contributed by atoms with E-state index in [9.17, 15) is 8.78 Å². The lowest BCUT2D eigenvalue weighted by Gasteiger charge is -2.30. The Hall–Kier alpha value is -0.710. The van der Waals surface area contributed by atoms with Crippen LogP contribution in [0.3, 0.4) is 0 Å². The van der Waals surface area contributed by atoms with Gasteiger partial charge < -0.3 is 10.1 Å². The molecular weight excluding hydrogens is 272 g/mol. The number of halogens is 3. The van der Waals surface area contributed by atoms with E-state index in [0.717, 1.165) is 6.54 Å². The van der Waals surface area contributed by atoms with Crippen LogP contribution in [0.2, 0.25) is 5.02 Å². The fourth-order valence-corrected chi connectivity index (χ4v) is 2.56. The van der Waals surface area contributed by atoms with Crippen molar-refractivity contribution in [3.8, 4) is 0 Å². The molecular formula is C14H18ClF2NO. The van der Waals surface area contributed by atoms with Gasteiger partial charge in [-0.3, -0.25) is 0 Å². The van der Waals surface area contributed by atoms with Crippen molar-refractivity contribution in [3.05, 3.63) is 34.6 Å². The summed E-state index contributed by atoms with van der Waals surface area (Å²) in [5, 5.41) is 3.53. The zero-order valence-electron chi connectivity index (χ0n) is 10.9. The average molecular weight is 290 g/mol. The highest BCUT2D eigenvalue weighted by Crippen LogP contribution is 2.26. The molecule has 0 aliphatic carbocycles. The van der Waals surface area contributed by atoms with Gasteiger partial charge in [-0.25, -0.2) is 8.78 Å². The van der Waals surface area contributed by atoms with Crippen LogP contribution in [0.5, 0.6) is 0 Å². The van der Waals surface area contributed by atoms with Crippen LogP contribution in [0.25, 0.3) is 0 Å². The minimum Gasteiger partial charge on any atom is -0.379 e. The van der Waals surface area contributed by atoms with E-state index in [-0.39, 0.29) is 12.5 Å². The molecule has 1 heterocycles. The predicted octanol–water partition coefficient (Wildman–Crippen LogP) is 3.13. The van der Waals surface area contributed by atoms with Crippen molar-refractivity contribution in [3.63, 3.8) is 0 Å². The number of ether oxygens (including phenoxy) is 1. The number of rotatable bonds is 4. The third kappa shape index (κ3) is 4.41. The van der Waals surface area contributed by atoms with Gasteiger partial charge in [0.1, 0.15) is 11.5 Å². The van der Waals surface area contributed by atoms with E-state index in [2.05, 4.69) is 5.32 Å². The fraction of sp³-hybridized carbons (Fsp3) is 0.571. The maximum absolute atomic E-state index is 14.5. The number of alkyl halides is 1. The Bertz CT molecular complexity index is 433. The first-order valence-corrected chi connectivity index (χ1v) is 6.78. The van der Waals surface area contributed by atoms with Crippen molar-refractivity contribution in [2.24, 2.45) is 0 Å². The Kier molecular flexibility index (Phi) is 4.76. The van der Waals surface area contributed by atoms with Crippen LogP contribution < -0.4 is 5.32 Å². The monoisotopic (exact) mass is 289 g/mol. The molecule has 0 bridgehead atoms. The molecule has 1 aromatic rings. The second-order valence-corrected chi connectivity index (χ2v) is 5.69. The van der Waals surface area contributed by atoms with Crippen molar-refractivity contribution < 1.29 is 13.5 Å².